The molecule has 0 saturated heterocycles. The number of nitriles is 1. The Morgan fingerprint density at radius 1 is 0.510 bits per heavy atom. The van der Waals surface area contributed by atoms with Gasteiger partial charge in [-0.25, -0.2) is 9.97 Å². The zero-order valence-electron chi connectivity index (χ0n) is 27.8. The predicted octanol–water partition coefficient (Wildman–Crippen LogP) is 12.0. The van der Waals surface area contributed by atoms with Crippen LogP contribution < -0.4 is 0 Å². The lowest BCUT2D eigenvalue weighted by molar-refractivity contribution is 0.675. The lowest BCUT2D eigenvalue weighted by atomic mass is 9.73. The van der Waals surface area contributed by atoms with Crippen LogP contribution >= 0.6 is 11.8 Å². The van der Waals surface area contributed by atoms with E-state index in [1.165, 1.54) is 38.1 Å². The Labute approximate surface area is 300 Å². The third kappa shape index (κ3) is 4.52. The van der Waals surface area contributed by atoms with Gasteiger partial charge >= 0.3 is 0 Å². The van der Waals surface area contributed by atoms with E-state index < -0.39 is 0 Å². The number of aromatic nitrogens is 2. The van der Waals surface area contributed by atoms with E-state index in [4.69, 9.17) is 9.97 Å². The first kappa shape index (κ1) is 29.6. The molecule has 7 aromatic carbocycles. The molecule has 1 atom stereocenters. The van der Waals surface area contributed by atoms with E-state index >= 15 is 0 Å². The van der Waals surface area contributed by atoms with Crippen molar-refractivity contribution in [1.82, 2.24) is 9.97 Å². The maximum Gasteiger partial charge on any atom is 0.160 e. The summed E-state index contributed by atoms with van der Waals surface area (Å²) >= 11 is 1.77. The number of nitrogens with zero attached hydrogens (tertiary/aromatic N) is 3. The van der Waals surface area contributed by atoms with Gasteiger partial charge in [0.25, 0.3) is 0 Å². The molecule has 51 heavy (non-hydrogen) atoms. The molecule has 0 radical (unpaired) electrons. The third-order valence-electron chi connectivity index (χ3n) is 10.6. The van der Waals surface area contributed by atoms with Crippen LogP contribution in [0.1, 0.15) is 29.2 Å². The minimum atomic E-state index is -0.320. The molecule has 0 amide bonds. The number of fused-ring (bicyclic) bond motifs is 6. The average Bonchev–Trinajstić information content (AvgIpc) is 3.46. The van der Waals surface area contributed by atoms with Gasteiger partial charge in [0.05, 0.1) is 23.0 Å². The molecule has 0 fully saturated rings. The molecule has 0 saturated carbocycles. The Morgan fingerprint density at radius 3 is 1.96 bits per heavy atom. The first-order chi connectivity index (χ1) is 25.1. The normalized spacial score (nSPS) is 15.1. The summed E-state index contributed by atoms with van der Waals surface area (Å²) in [4.78, 5) is 12.8. The summed E-state index contributed by atoms with van der Waals surface area (Å²) < 4.78 is 0. The predicted molar refractivity (Wildman–Crippen MR) is 208 cm³/mol. The summed E-state index contributed by atoms with van der Waals surface area (Å²) in [6, 6.07) is 57.9. The highest BCUT2D eigenvalue weighted by Gasteiger charge is 2.46. The number of rotatable bonds is 4. The largest absolute Gasteiger partial charge is 0.228 e. The molecule has 1 aliphatic heterocycles. The van der Waals surface area contributed by atoms with Gasteiger partial charge in [-0.3, -0.25) is 0 Å². The fraction of sp³-hybridized carbons (Fsp3) is 0.0426. The van der Waals surface area contributed by atoms with Gasteiger partial charge in [0.15, 0.2) is 5.82 Å². The monoisotopic (exact) mass is 667 g/mol. The summed E-state index contributed by atoms with van der Waals surface area (Å²) in [7, 11) is 0. The topological polar surface area (TPSA) is 49.6 Å². The molecule has 10 rings (SSSR count). The van der Waals surface area contributed by atoms with Crippen LogP contribution in [-0.4, -0.2) is 9.97 Å². The molecule has 238 valence electrons. The van der Waals surface area contributed by atoms with Crippen LogP contribution in [0.15, 0.2) is 168 Å². The van der Waals surface area contributed by atoms with Crippen LogP contribution in [0, 0.1) is 11.3 Å². The number of benzene rings is 7. The number of hydrogen-bond donors (Lipinski definition) is 0. The first-order valence-electron chi connectivity index (χ1n) is 17.1. The maximum absolute atomic E-state index is 10.1. The van der Waals surface area contributed by atoms with Gasteiger partial charge in [0, 0.05) is 31.9 Å². The van der Waals surface area contributed by atoms with Crippen LogP contribution in [0.25, 0.3) is 66.9 Å². The smallest absolute Gasteiger partial charge is 0.160 e. The molecule has 4 heteroatoms. The van der Waals surface area contributed by atoms with E-state index in [0.717, 1.165) is 49.5 Å². The van der Waals surface area contributed by atoms with Gasteiger partial charge in [-0.15, -0.1) is 0 Å². The fourth-order valence-corrected chi connectivity index (χ4v) is 9.56. The maximum atomic E-state index is 10.1. The van der Waals surface area contributed by atoms with Gasteiger partial charge in [-0.05, 0) is 87.0 Å². The Morgan fingerprint density at radius 2 is 1.18 bits per heavy atom. The average molecular weight is 668 g/mol. The fourth-order valence-electron chi connectivity index (χ4n) is 8.19. The molecular weight excluding hydrogens is 639 g/mol. The molecule has 0 bridgehead atoms. The molecule has 8 aromatic rings. The molecule has 2 heterocycles. The van der Waals surface area contributed by atoms with Gasteiger partial charge < -0.3 is 0 Å². The minimum absolute atomic E-state index is 0.320. The second kappa shape index (κ2) is 11.4. The van der Waals surface area contributed by atoms with Crippen LogP contribution in [-0.2, 0) is 5.41 Å². The first-order valence-corrected chi connectivity index (χ1v) is 17.9. The minimum Gasteiger partial charge on any atom is -0.228 e. The van der Waals surface area contributed by atoms with Crippen molar-refractivity contribution < 1.29 is 0 Å². The van der Waals surface area contributed by atoms with Crippen molar-refractivity contribution >= 4 is 22.5 Å². The summed E-state index contributed by atoms with van der Waals surface area (Å²) in [5, 5.41) is 12.4. The highest BCUT2D eigenvalue weighted by atomic mass is 32.2. The summed E-state index contributed by atoms with van der Waals surface area (Å²) in [5.41, 5.74) is 13.6. The van der Waals surface area contributed by atoms with Crippen molar-refractivity contribution in [2.24, 2.45) is 0 Å². The van der Waals surface area contributed by atoms with Crippen molar-refractivity contribution in [2.75, 3.05) is 0 Å². The molecule has 1 aliphatic carbocycles. The lowest BCUT2D eigenvalue weighted by Crippen LogP contribution is -2.26. The third-order valence-corrected chi connectivity index (χ3v) is 11.7. The summed E-state index contributed by atoms with van der Waals surface area (Å²) in [5.74, 6) is 0.683. The lowest BCUT2D eigenvalue weighted by Gasteiger charge is -2.35. The highest BCUT2D eigenvalue weighted by molar-refractivity contribution is 7.99. The van der Waals surface area contributed by atoms with E-state index in [1.54, 1.807) is 11.8 Å². The molecule has 3 nitrogen and oxygen atoms in total. The van der Waals surface area contributed by atoms with Crippen molar-refractivity contribution in [1.29, 1.82) is 5.26 Å². The van der Waals surface area contributed by atoms with E-state index in [9.17, 15) is 5.26 Å². The van der Waals surface area contributed by atoms with Crippen LogP contribution in [0.5, 0.6) is 0 Å². The summed E-state index contributed by atoms with van der Waals surface area (Å²) in [6.07, 6.45) is 0. The molecule has 1 aromatic heterocycles. The molecule has 2 aliphatic rings. The highest BCUT2D eigenvalue weighted by Crippen LogP contribution is 2.61. The second-order valence-electron chi connectivity index (χ2n) is 13.4. The standard InChI is InChI=1S/C47H29N3S/c1-47-39-23-20-32(26-37(39)38-24-29(28-48)25-44(45(38)47)51-43-19-11-10-18-40(43)47)41-27-42(50-46(49-41)31-14-6-3-7-15-31)36-22-21-33(30-12-4-2-5-13-30)34-16-8-9-17-35(34)36/h2-27H,1H3. The zero-order chi connectivity index (χ0) is 34.1. The second-order valence-corrected chi connectivity index (χ2v) is 14.5. The molecule has 1 unspecified atom stereocenters. The van der Waals surface area contributed by atoms with Gasteiger partial charge in [-0.2, -0.15) is 5.26 Å². The van der Waals surface area contributed by atoms with Crippen LogP contribution in [0.2, 0.25) is 0 Å². The Bertz CT molecular complexity index is 2750. The van der Waals surface area contributed by atoms with Crippen molar-refractivity contribution in [3.05, 3.63) is 180 Å². The van der Waals surface area contributed by atoms with Crippen LogP contribution in [0.4, 0.5) is 0 Å². The number of hydrogen-bond acceptors (Lipinski definition) is 4. The SMILES string of the molecule is CC12c3ccccc3Sc3cc(C#N)cc(c31)-c1cc(-c3cc(-c4ccc(-c5ccccc5)c5ccccc45)nc(-c4ccccc4)n3)ccc12. The van der Waals surface area contributed by atoms with Gasteiger partial charge in [0.2, 0.25) is 0 Å². The Balaban J connectivity index is 1.19. The summed E-state index contributed by atoms with van der Waals surface area (Å²) in [6.45, 7) is 2.34. The van der Waals surface area contributed by atoms with E-state index in [-0.39, 0.29) is 5.41 Å². The van der Waals surface area contributed by atoms with E-state index in [2.05, 4.69) is 153 Å². The van der Waals surface area contributed by atoms with Crippen LogP contribution in [0.3, 0.4) is 0 Å². The van der Waals surface area contributed by atoms with Crippen molar-refractivity contribution in [3.8, 4) is 62.2 Å². The van der Waals surface area contributed by atoms with E-state index in [0.29, 0.717) is 11.4 Å². The van der Waals surface area contributed by atoms with E-state index in [1.807, 2.05) is 18.2 Å². The Kier molecular flexibility index (Phi) is 6.61. The van der Waals surface area contributed by atoms with Crippen molar-refractivity contribution in [2.45, 2.75) is 22.1 Å². The van der Waals surface area contributed by atoms with Crippen molar-refractivity contribution in [3.63, 3.8) is 0 Å². The molecule has 0 N–H and O–H groups in total. The van der Waals surface area contributed by atoms with Gasteiger partial charge in [-0.1, -0.05) is 139 Å². The zero-order valence-corrected chi connectivity index (χ0v) is 28.6. The molecule has 0 spiro atoms. The Hall–Kier alpha value is -6.28. The molecular formula is C47H29N3S. The quantitative estimate of drug-likeness (QED) is 0.187. The van der Waals surface area contributed by atoms with Gasteiger partial charge in [0.1, 0.15) is 0 Å².